The predicted octanol–water partition coefficient (Wildman–Crippen LogP) is 4.09. The molecule has 1 aliphatic heterocycles. The minimum Gasteiger partial charge on any atom is -0.481 e. The number of fused-ring (bicyclic) bond motifs is 1. The quantitative estimate of drug-likeness (QED) is 0.342. The Hall–Kier alpha value is -4.20. The van der Waals surface area contributed by atoms with E-state index < -0.39 is 12.0 Å². The Morgan fingerprint density at radius 1 is 1.03 bits per heavy atom. The highest BCUT2D eigenvalue weighted by molar-refractivity contribution is 5.68. The van der Waals surface area contributed by atoms with Crippen molar-refractivity contribution in [2.24, 2.45) is 0 Å². The van der Waals surface area contributed by atoms with Crippen LogP contribution < -0.4 is 10.9 Å². The van der Waals surface area contributed by atoms with Crippen molar-refractivity contribution in [1.29, 1.82) is 0 Å². The zero-order valence-electron chi connectivity index (χ0n) is 20.7. The number of nitrogens with one attached hydrogen (secondary N) is 1. The number of hydrogen-bond acceptors (Lipinski definition) is 5. The molecule has 2 N–H and O–H groups in total. The Balaban J connectivity index is 1.29. The van der Waals surface area contributed by atoms with Crippen LogP contribution in [0.5, 0.6) is 0 Å². The molecule has 8 heteroatoms. The smallest absolute Gasteiger partial charge is 0.305 e. The van der Waals surface area contributed by atoms with Crippen LogP contribution in [-0.2, 0) is 30.6 Å². The summed E-state index contributed by atoms with van der Waals surface area (Å²) in [6.07, 6.45) is 8.20. The van der Waals surface area contributed by atoms with E-state index in [0.717, 1.165) is 67.0 Å². The minimum atomic E-state index is -0.921. The maximum atomic E-state index is 12.5. The van der Waals surface area contributed by atoms with E-state index in [2.05, 4.69) is 17.4 Å². The molecule has 1 unspecified atom stereocenters. The third-order valence-electron chi connectivity index (χ3n) is 6.76. The lowest BCUT2D eigenvalue weighted by atomic mass is 10.1. The number of hydrogen-bond donors (Lipinski definition) is 2. The molecule has 0 saturated carbocycles. The van der Waals surface area contributed by atoms with Gasteiger partial charge in [0, 0.05) is 30.7 Å². The van der Waals surface area contributed by atoms with Crippen LogP contribution in [0.4, 0.5) is 5.82 Å². The van der Waals surface area contributed by atoms with Gasteiger partial charge in [0.05, 0.1) is 24.7 Å². The number of rotatable bonds is 10. The highest BCUT2D eigenvalue weighted by Gasteiger charge is 2.20. The molecule has 4 heterocycles. The van der Waals surface area contributed by atoms with Gasteiger partial charge in [-0.1, -0.05) is 36.4 Å². The summed E-state index contributed by atoms with van der Waals surface area (Å²) in [7, 11) is 0. The molecule has 0 bridgehead atoms. The third kappa shape index (κ3) is 6.14. The standard InChI is InChI=1S/C29H31N5O3/c35-27-14-12-23(20-33(27)19-21-6-2-1-3-7-21)26(18-28(36)37)34-17-15-25(32-34)10-4-9-24-13-11-22-8-5-16-30-29(22)31-24/h1-3,6-7,11-15,17,20,26H,4-5,8-10,16,18-19H2,(H,30,31)(H,36,37). The van der Waals surface area contributed by atoms with Crippen molar-refractivity contribution in [3.63, 3.8) is 0 Å². The first-order valence-corrected chi connectivity index (χ1v) is 12.8. The summed E-state index contributed by atoms with van der Waals surface area (Å²) < 4.78 is 3.32. The van der Waals surface area contributed by atoms with E-state index in [1.165, 1.54) is 11.6 Å². The van der Waals surface area contributed by atoms with Gasteiger partial charge < -0.3 is 15.0 Å². The van der Waals surface area contributed by atoms with E-state index >= 15 is 0 Å². The van der Waals surface area contributed by atoms with E-state index in [0.29, 0.717) is 6.54 Å². The first-order chi connectivity index (χ1) is 18.0. The highest BCUT2D eigenvalue weighted by atomic mass is 16.4. The topological polar surface area (TPSA) is 102 Å². The van der Waals surface area contributed by atoms with Gasteiger partial charge in [-0.3, -0.25) is 14.3 Å². The second-order valence-electron chi connectivity index (χ2n) is 9.51. The fourth-order valence-electron chi connectivity index (χ4n) is 4.82. The number of aliphatic carboxylic acids is 1. The molecule has 0 aliphatic carbocycles. The molecule has 0 radical (unpaired) electrons. The van der Waals surface area contributed by atoms with Crippen LogP contribution >= 0.6 is 0 Å². The second kappa shape index (κ2) is 11.2. The van der Waals surface area contributed by atoms with Crippen LogP contribution in [0.3, 0.4) is 0 Å². The minimum absolute atomic E-state index is 0.128. The molecule has 5 rings (SSSR count). The van der Waals surface area contributed by atoms with Crippen LogP contribution in [0.15, 0.2) is 77.9 Å². The maximum absolute atomic E-state index is 12.5. The summed E-state index contributed by atoms with van der Waals surface area (Å²) in [5.74, 6) is 0.0908. The monoisotopic (exact) mass is 497 g/mol. The lowest BCUT2D eigenvalue weighted by Gasteiger charge is -2.18. The second-order valence-corrected chi connectivity index (χ2v) is 9.51. The van der Waals surface area contributed by atoms with E-state index in [1.807, 2.05) is 42.6 Å². The summed E-state index contributed by atoms with van der Waals surface area (Å²) in [5.41, 5.74) is 4.86. The molecule has 0 spiro atoms. The summed E-state index contributed by atoms with van der Waals surface area (Å²) in [4.78, 5) is 29.0. The number of carboxylic acid groups (broad SMARTS) is 1. The number of benzene rings is 1. The van der Waals surface area contributed by atoms with E-state index in [-0.39, 0.29) is 12.0 Å². The zero-order valence-corrected chi connectivity index (χ0v) is 20.7. The highest BCUT2D eigenvalue weighted by Crippen LogP contribution is 2.23. The van der Waals surface area contributed by atoms with Crippen molar-refractivity contribution in [2.75, 3.05) is 11.9 Å². The average Bonchev–Trinajstić information content (AvgIpc) is 3.38. The van der Waals surface area contributed by atoms with Crippen molar-refractivity contribution in [1.82, 2.24) is 19.3 Å². The molecule has 1 atom stereocenters. The lowest BCUT2D eigenvalue weighted by Crippen LogP contribution is -2.23. The van der Waals surface area contributed by atoms with Gasteiger partial charge >= 0.3 is 5.97 Å². The molecule has 1 aliphatic rings. The molecule has 190 valence electrons. The maximum Gasteiger partial charge on any atom is 0.305 e. The SMILES string of the molecule is O=C(O)CC(c1ccc(=O)n(Cc2ccccc2)c1)n1ccc(CCCc2ccc3c(n2)NCCC3)n1. The van der Waals surface area contributed by atoms with Crippen LogP contribution in [0, 0.1) is 0 Å². The van der Waals surface area contributed by atoms with Crippen molar-refractivity contribution < 1.29 is 9.90 Å². The van der Waals surface area contributed by atoms with Gasteiger partial charge in [-0.15, -0.1) is 0 Å². The summed E-state index contributed by atoms with van der Waals surface area (Å²) >= 11 is 0. The van der Waals surface area contributed by atoms with E-state index in [9.17, 15) is 14.7 Å². The largest absolute Gasteiger partial charge is 0.481 e. The molecule has 4 aromatic rings. The van der Waals surface area contributed by atoms with Gasteiger partial charge in [-0.25, -0.2) is 4.98 Å². The first-order valence-electron chi connectivity index (χ1n) is 12.8. The fourth-order valence-corrected chi connectivity index (χ4v) is 4.82. The van der Waals surface area contributed by atoms with Gasteiger partial charge in [-0.05, 0) is 67.0 Å². The number of pyridine rings is 2. The van der Waals surface area contributed by atoms with E-state index in [4.69, 9.17) is 10.1 Å². The molecular weight excluding hydrogens is 466 g/mol. The van der Waals surface area contributed by atoms with E-state index in [1.54, 1.807) is 21.5 Å². The number of carbonyl (C=O) groups is 1. The normalized spacial score (nSPS) is 13.5. The van der Waals surface area contributed by atoms with Crippen LogP contribution in [-0.4, -0.2) is 37.0 Å². The molecule has 0 amide bonds. The molecule has 3 aromatic heterocycles. The number of carboxylic acids is 1. The Labute approximate surface area is 215 Å². The Kier molecular flexibility index (Phi) is 7.44. The molecular formula is C29H31N5O3. The molecule has 0 fully saturated rings. The zero-order chi connectivity index (χ0) is 25.6. The van der Waals surface area contributed by atoms with Crippen LogP contribution in [0.1, 0.15) is 53.4 Å². The predicted molar refractivity (Wildman–Crippen MR) is 142 cm³/mol. The van der Waals surface area contributed by atoms with Crippen molar-refractivity contribution >= 4 is 11.8 Å². The fraction of sp³-hybridized carbons (Fsp3) is 0.310. The Morgan fingerprint density at radius 2 is 1.86 bits per heavy atom. The Bertz CT molecular complexity index is 1430. The molecule has 0 saturated heterocycles. The van der Waals surface area contributed by atoms with Crippen molar-refractivity contribution in [2.45, 2.75) is 51.1 Å². The summed E-state index contributed by atoms with van der Waals surface area (Å²) in [5, 5.41) is 17.7. The van der Waals surface area contributed by atoms with Crippen molar-refractivity contribution in [3.8, 4) is 0 Å². The number of aryl methyl sites for hydroxylation is 3. The van der Waals surface area contributed by atoms with Gasteiger partial charge in [0.2, 0.25) is 0 Å². The van der Waals surface area contributed by atoms with Gasteiger partial charge in [0.15, 0.2) is 0 Å². The molecule has 37 heavy (non-hydrogen) atoms. The number of nitrogens with zero attached hydrogens (tertiary/aromatic N) is 4. The van der Waals surface area contributed by atoms with Gasteiger partial charge in [-0.2, -0.15) is 5.10 Å². The first kappa shape index (κ1) is 24.5. The summed E-state index contributed by atoms with van der Waals surface area (Å²) in [6, 6.07) is 18.6. The number of anilines is 1. The lowest BCUT2D eigenvalue weighted by molar-refractivity contribution is -0.137. The number of aromatic nitrogens is 4. The average molecular weight is 498 g/mol. The molecule has 1 aromatic carbocycles. The summed E-state index contributed by atoms with van der Waals surface area (Å²) in [6.45, 7) is 1.39. The van der Waals surface area contributed by atoms with Crippen molar-refractivity contribution in [3.05, 3.63) is 111 Å². The Morgan fingerprint density at radius 3 is 2.70 bits per heavy atom. The van der Waals surface area contributed by atoms with Crippen LogP contribution in [0.25, 0.3) is 0 Å². The van der Waals surface area contributed by atoms with Gasteiger partial charge in [0.25, 0.3) is 5.56 Å². The van der Waals surface area contributed by atoms with Crippen LogP contribution in [0.2, 0.25) is 0 Å². The third-order valence-corrected chi connectivity index (χ3v) is 6.76. The van der Waals surface area contributed by atoms with Gasteiger partial charge in [0.1, 0.15) is 5.82 Å². The molecule has 8 nitrogen and oxygen atoms in total.